The van der Waals surface area contributed by atoms with E-state index in [1.165, 1.54) is 11.2 Å². The maximum absolute atomic E-state index is 12.8. The first-order valence-corrected chi connectivity index (χ1v) is 9.84. The zero-order chi connectivity index (χ0) is 21.4. The predicted molar refractivity (Wildman–Crippen MR) is 110 cm³/mol. The van der Waals surface area contributed by atoms with Crippen LogP contribution in [0.5, 0.6) is 0 Å². The zero-order valence-electron chi connectivity index (χ0n) is 15.8. The normalized spacial score (nSPS) is 14.2. The molecule has 3 aromatic rings. The minimum Gasteiger partial charge on any atom is -0.352 e. The van der Waals surface area contributed by atoms with Crippen LogP contribution in [-0.2, 0) is 0 Å². The van der Waals surface area contributed by atoms with Gasteiger partial charge in [-0.05, 0) is 13.0 Å². The van der Waals surface area contributed by atoms with E-state index in [-0.39, 0.29) is 5.56 Å². The molecule has 154 valence electrons. The lowest BCUT2D eigenvalue weighted by Crippen LogP contribution is -2.49. The number of nitro groups is 2. The topological polar surface area (TPSA) is 136 Å². The molecule has 0 bridgehead atoms. The van der Waals surface area contributed by atoms with Crippen molar-refractivity contribution in [3.63, 3.8) is 0 Å². The lowest BCUT2D eigenvalue weighted by atomic mass is 10.1. The fraction of sp³-hybridized carbons (Fsp3) is 0.278. The fourth-order valence-electron chi connectivity index (χ4n) is 3.45. The van der Waals surface area contributed by atoms with Crippen LogP contribution in [0.3, 0.4) is 0 Å². The summed E-state index contributed by atoms with van der Waals surface area (Å²) in [5.41, 5.74) is -1.04. The van der Waals surface area contributed by atoms with E-state index < -0.39 is 27.1 Å². The number of hydrogen-bond donors (Lipinski definition) is 0. The Morgan fingerprint density at radius 1 is 1.00 bits per heavy atom. The lowest BCUT2D eigenvalue weighted by Gasteiger charge is -2.35. The molecule has 0 atom stereocenters. The molecule has 1 aromatic carbocycles. The van der Waals surface area contributed by atoms with Crippen LogP contribution < -0.4 is 4.90 Å². The van der Waals surface area contributed by atoms with E-state index in [0.29, 0.717) is 26.2 Å². The van der Waals surface area contributed by atoms with Gasteiger partial charge in [0.15, 0.2) is 0 Å². The molecule has 3 heterocycles. The summed E-state index contributed by atoms with van der Waals surface area (Å²) in [5, 5.41) is 23.1. The van der Waals surface area contributed by atoms with E-state index in [1.54, 1.807) is 11.3 Å². The van der Waals surface area contributed by atoms with Gasteiger partial charge in [-0.1, -0.05) is 0 Å². The van der Waals surface area contributed by atoms with Gasteiger partial charge in [-0.3, -0.25) is 25.0 Å². The summed E-state index contributed by atoms with van der Waals surface area (Å²) in [5.74, 6) is 0.336. The Balaban J connectivity index is 1.53. The van der Waals surface area contributed by atoms with Crippen LogP contribution in [0.15, 0.2) is 30.6 Å². The van der Waals surface area contributed by atoms with Gasteiger partial charge in [-0.25, -0.2) is 9.97 Å². The Morgan fingerprint density at radius 3 is 2.23 bits per heavy atom. The van der Waals surface area contributed by atoms with Gasteiger partial charge >= 0.3 is 0 Å². The number of anilines is 1. The number of rotatable bonds is 4. The average molecular weight is 428 g/mol. The molecule has 11 nitrogen and oxygen atoms in total. The molecule has 0 aliphatic carbocycles. The molecule has 0 N–H and O–H groups in total. The van der Waals surface area contributed by atoms with Crippen LogP contribution in [0, 0.1) is 27.2 Å². The third kappa shape index (κ3) is 3.64. The first-order valence-electron chi connectivity index (χ1n) is 9.03. The highest BCUT2D eigenvalue weighted by Gasteiger charge is 2.27. The van der Waals surface area contributed by atoms with Crippen LogP contribution >= 0.6 is 11.3 Å². The molecule has 2 aromatic heterocycles. The third-order valence-corrected chi connectivity index (χ3v) is 5.83. The van der Waals surface area contributed by atoms with Crippen molar-refractivity contribution in [1.82, 2.24) is 14.9 Å². The second-order valence-corrected chi connectivity index (χ2v) is 8.04. The van der Waals surface area contributed by atoms with Gasteiger partial charge in [0.25, 0.3) is 17.3 Å². The van der Waals surface area contributed by atoms with Crippen LogP contribution in [0.25, 0.3) is 10.2 Å². The molecule has 1 fully saturated rings. The average Bonchev–Trinajstić information content (AvgIpc) is 3.13. The van der Waals surface area contributed by atoms with Gasteiger partial charge in [0.2, 0.25) is 0 Å². The van der Waals surface area contributed by atoms with Crippen molar-refractivity contribution in [2.24, 2.45) is 0 Å². The maximum atomic E-state index is 12.8. The Labute approximate surface area is 173 Å². The lowest BCUT2D eigenvalue weighted by molar-refractivity contribution is -0.394. The molecule has 0 saturated carbocycles. The van der Waals surface area contributed by atoms with Crippen LogP contribution in [0.4, 0.5) is 17.2 Å². The number of aryl methyl sites for hydroxylation is 1. The molecular formula is C18H16N6O5S. The van der Waals surface area contributed by atoms with Crippen molar-refractivity contribution in [2.75, 3.05) is 31.1 Å². The van der Waals surface area contributed by atoms with Gasteiger partial charge in [0, 0.05) is 43.2 Å². The van der Waals surface area contributed by atoms with E-state index >= 15 is 0 Å². The number of amides is 1. The minimum atomic E-state index is -0.745. The summed E-state index contributed by atoms with van der Waals surface area (Å²) in [6.07, 6.45) is 1.52. The highest BCUT2D eigenvalue weighted by atomic mass is 32.1. The standard InChI is InChI=1S/C18H16N6O5S/c1-11-6-15-16(19-10-20-17(15)30-11)21-2-4-22(5-3-21)18(25)12-7-13(23(26)27)9-14(8-12)24(28)29/h6-10H,2-5H2,1H3. The number of hydrogen-bond acceptors (Lipinski definition) is 9. The zero-order valence-corrected chi connectivity index (χ0v) is 16.7. The summed E-state index contributed by atoms with van der Waals surface area (Å²) >= 11 is 1.59. The van der Waals surface area contributed by atoms with Gasteiger partial charge in [0.05, 0.1) is 26.9 Å². The number of benzene rings is 1. The SMILES string of the molecule is Cc1cc2c(N3CCN(C(=O)c4cc([N+](=O)[O-])cc([N+](=O)[O-])c4)CC3)ncnc2s1. The molecule has 0 spiro atoms. The summed E-state index contributed by atoms with van der Waals surface area (Å²) in [4.78, 5) is 47.8. The number of nitrogens with zero attached hydrogens (tertiary/aromatic N) is 6. The van der Waals surface area contributed by atoms with Crippen molar-refractivity contribution in [2.45, 2.75) is 6.92 Å². The van der Waals surface area contributed by atoms with Crippen molar-refractivity contribution in [3.8, 4) is 0 Å². The second-order valence-electron chi connectivity index (χ2n) is 6.80. The number of piperazine rings is 1. The highest BCUT2D eigenvalue weighted by Crippen LogP contribution is 2.30. The van der Waals surface area contributed by atoms with Crippen molar-refractivity contribution < 1.29 is 14.6 Å². The van der Waals surface area contributed by atoms with E-state index in [4.69, 9.17) is 0 Å². The van der Waals surface area contributed by atoms with E-state index in [2.05, 4.69) is 14.9 Å². The van der Waals surface area contributed by atoms with Crippen LogP contribution in [-0.4, -0.2) is 56.8 Å². The molecule has 1 amide bonds. The molecular weight excluding hydrogens is 412 g/mol. The Morgan fingerprint density at radius 2 is 1.63 bits per heavy atom. The molecule has 0 radical (unpaired) electrons. The molecule has 1 saturated heterocycles. The number of carbonyl (C=O) groups is 1. The van der Waals surface area contributed by atoms with Gasteiger partial charge in [-0.2, -0.15) is 0 Å². The first kappa shape index (κ1) is 19.6. The van der Waals surface area contributed by atoms with Crippen LogP contribution in [0.1, 0.15) is 15.2 Å². The first-order chi connectivity index (χ1) is 14.3. The smallest absolute Gasteiger partial charge is 0.277 e. The van der Waals surface area contributed by atoms with Gasteiger partial charge in [-0.15, -0.1) is 11.3 Å². The number of nitro benzene ring substituents is 2. The minimum absolute atomic E-state index is 0.0674. The Bertz CT molecular complexity index is 1140. The van der Waals surface area contributed by atoms with E-state index in [1.807, 2.05) is 13.0 Å². The molecule has 12 heteroatoms. The largest absolute Gasteiger partial charge is 0.352 e. The van der Waals surface area contributed by atoms with Gasteiger partial charge in [0.1, 0.15) is 17.0 Å². The number of carbonyl (C=O) groups excluding carboxylic acids is 1. The predicted octanol–water partition coefficient (Wildman–Crippen LogP) is 2.78. The van der Waals surface area contributed by atoms with E-state index in [0.717, 1.165) is 39.1 Å². The maximum Gasteiger partial charge on any atom is 0.277 e. The molecule has 1 aliphatic rings. The monoisotopic (exact) mass is 428 g/mol. The number of aromatic nitrogens is 2. The molecule has 0 unspecified atom stereocenters. The number of thiophene rings is 1. The van der Waals surface area contributed by atoms with Crippen LogP contribution in [0.2, 0.25) is 0 Å². The fourth-order valence-corrected chi connectivity index (χ4v) is 4.29. The van der Waals surface area contributed by atoms with Crippen molar-refractivity contribution >= 4 is 44.7 Å². The molecule has 4 rings (SSSR count). The molecule has 30 heavy (non-hydrogen) atoms. The van der Waals surface area contributed by atoms with Gasteiger partial charge < -0.3 is 9.80 Å². The Hall–Kier alpha value is -3.67. The van der Waals surface area contributed by atoms with Crippen molar-refractivity contribution in [1.29, 1.82) is 0 Å². The Kier molecular flexibility index (Phi) is 4.99. The summed E-state index contributed by atoms with van der Waals surface area (Å²) < 4.78 is 0. The third-order valence-electron chi connectivity index (χ3n) is 4.87. The quantitative estimate of drug-likeness (QED) is 0.457. The summed E-state index contributed by atoms with van der Waals surface area (Å²) in [7, 11) is 0. The second kappa shape index (κ2) is 7.63. The van der Waals surface area contributed by atoms with E-state index in [9.17, 15) is 25.0 Å². The van der Waals surface area contributed by atoms with Crippen molar-refractivity contribution in [3.05, 3.63) is 61.3 Å². The number of non-ortho nitro benzene ring substituents is 2. The molecule has 1 aliphatic heterocycles. The highest BCUT2D eigenvalue weighted by molar-refractivity contribution is 7.18. The summed E-state index contributed by atoms with van der Waals surface area (Å²) in [6.45, 7) is 3.77. The number of fused-ring (bicyclic) bond motifs is 1. The summed E-state index contributed by atoms with van der Waals surface area (Å²) in [6, 6.07) is 5.03.